The van der Waals surface area contributed by atoms with Crippen LogP contribution in [0, 0.1) is 6.92 Å². The molecule has 0 aliphatic carbocycles. The van der Waals surface area contributed by atoms with Gasteiger partial charge in [0.2, 0.25) is 11.8 Å². The summed E-state index contributed by atoms with van der Waals surface area (Å²) in [7, 11) is 0. The van der Waals surface area contributed by atoms with Crippen LogP contribution in [0.1, 0.15) is 24.1 Å². The maximum Gasteiger partial charge on any atom is 0.233 e. The van der Waals surface area contributed by atoms with E-state index >= 15 is 0 Å². The third-order valence-electron chi connectivity index (χ3n) is 3.45. The second-order valence-electron chi connectivity index (χ2n) is 5.09. The highest BCUT2D eigenvalue weighted by atomic mass is 32.2. The average Bonchev–Trinajstić information content (AvgIpc) is 2.85. The number of carbonyl (C=O) groups excluding carboxylic acids is 1. The number of benzene rings is 1. The predicted octanol–water partition coefficient (Wildman–Crippen LogP) is 2.49. The fourth-order valence-electron chi connectivity index (χ4n) is 2.25. The minimum absolute atomic E-state index is 0.200. The zero-order valence-corrected chi connectivity index (χ0v) is 12.7. The number of thioether (sulfide) groups is 1. The Bertz CT molecular complexity index is 608. The first kappa shape index (κ1) is 14.1. The fraction of sp³-hybridized carbons (Fsp3) is 0.400. The van der Waals surface area contributed by atoms with E-state index < -0.39 is 0 Å². The van der Waals surface area contributed by atoms with Crippen molar-refractivity contribution in [1.29, 1.82) is 0 Å². The van der Waals surface area contributed by atoms with Gasteiger partial charge in [-0.25, -0.2) is 0 Å². The first-order chi connectivity index (χ1) is 10.2. The summed E-state index contributed by atoms with van der Waals surface area (Å²) in [4.78, 5) is 19.3. The van der Waals surface area contributed by atoms with Crippen LogP contribution in [0.25, 0.3) is 0 Å². The quantitative estimate of drug-likeness (QED) is 0.794. The van der Waals surface area contributed by atoms with Crippen molar-refractivity contribution in [2.75, 3.05) is 18.8 Å². The van der Waals surface area contributed by atoms with Crippen LogP contribution in [-0.4, -0.2) is 39.8 Å². The molecule has 2 aromatic rings. The lowest BCUT2D eigenvalue weighted by Crippen LogP contribution is -2.48. The first-order valence-corrected chi connectivity index (χ1v) is 7.97. The van der Waals surface area contributed by atoms with Gasteiger partial charge in [0.25, 0.3) is 0 Å². The molecule has 1 aromatic carbocycles. The maximum absolute atomic E-state index is 12.0. The molecule has 1 saturated heterocycles. The normalized spacial score (nSPS) is 15.0. The summed E-state index contributed by atoms with van der Waals surface area (Å²) in [5.41, 5.74) is 0. The Hall–Kier alpha value is -1.82. The van der Waals surface area contributed by atoms with Crippen LogP contribution in [0.3, 0.4) is 0 Å². The summed E-state index contributed by atoms with van der Waals surface area (Å²) in [6.45, 7) is 3.18. The van der Waals surface area contributed by atoms with Crippen molar-refractivity contribution in [1.82, 2.24) is 15.0 Å². The Morgan fingerprint density at radius 2 is 2.14 bits per heavy atom. The van der Waals surface area contributed by atoms with Gasteiger partial charge in [0.15, 0.2) is 5.82 Å². The monoisotopic (exact) mass is 303 g/mol. The molecule has 1 aliphatic rings. The molecule has 0 radical (unpaired) electrons. The lowest BCUT2D eigenvalue weighted by molar-refractivity contribution is -0.135. The van der Waals surface area contributed by atoms with Crippen LogP contribution in [0.5, 0.6) is 0 Å². The second kappa shape index (κ2) is 6.30. The zero-order valence-electron chi connectivity index (χ0n) is 11.9. The van der Waals surface area contributed by atoms with E-state index in [1.807, 2.05) is 23.1 Å². The van der Waals surface area contributed by atoms with E-state index in [4.69, 9.17) is 4.52 Å². The van der Waals surface area contributed by atoms with Crippen molar-refractivity contribution in [3.63, 3.8) is 0 Å². The van der Waals surface area contributed by atoms with E-state index in [1.165, 1.54) is 4.90 Å². The third kappa shape index (κ3) is 3.44. The van der Waals surface area contributed by atoms with E-state index in [2.05, 4.69) is 22.3 Å². The minimum Gasteiger partial charge on any atom is -0.341 e. The van der Waals surface area contributed by atoms with Gasteiger partial charge in [0, 0.05) is 30.2 Å². The molecule has 1 aliphatic heterocycles. The molecule has 2 heterocycles. The van der Waals surface area contributed by atoms with Gasteiger partial charge in [-0.15, -0.1) is 11.8 Å². The molecule has 6 heteroatoms. The van der Waals surface area contributed by atoms with Crippen LogP contribution in [0.4, 0.5) is 0 Å². The first-order valence-electron chi connectivity index (χ1n) is 6.98. The van der Waals surface area contributed by atoms with Crippen LogP contribution >= 0.6 is 11.8 Å². The van der Waals surface area contributed by atoms with Crippen molar-refractivity contribution in [2.45, 2.75) is 24.2 Å². The van der Waals surface area contributed by atoms with E-state index in [0.29, 0.717) is 31.2 Å². The molecule has 110 valence electrons. The topological polar surface area (TPSA) is 59.2 Å². The van der Waals surface area contributed by atoms with E-state index in [-0.39, 0.29) is 11.8 Å². The van der Waals surface area contributed by atoms with Gasteiger partial charge in [-0.05, 0) is 19.1 Å². The molecule has 0 unspecified atom stereocenters. The van der Waals surface area contributed by atoms with Crippen LogP contribution in [-0.2, 0) is 4.79 Å². The lowest BCUT2D eigenvalue weighted by atomic mass is 10.00. The molecular weight excluding hydrogens is 286 g/mol. The Balaban J connectivity index is 1.40. The van der Waals surface area contributed by atoms with Gasteiger partial charge in [0.05, 0.1) is 5.92 Å². The van der Waals surface area contributed by atoms with Crippen molar-refractivity contribution >= 4 is 17.7 Å². The summed E-state index contributed by atoms with van der Waals surface area (Å²) >= 11 is 1.71. The molecule has 21 heavy (non-hydrogen) atoms. The van der Waals surface area contributed by atoms with Crippen LogP contribution in [0.15, 0.2) is 39.8 Å². The minimum atomic E-state index is 0.200. The number of aromatic nitrogens is 2. The number of carbonyl (C=O) groups is 1. The van der Waals surface area contributed by atoms with Crippen molar-refractivity contribution < 1.29 is 9.32 Å². The molecule has 1 amide bonds. The molecular formula is C15H17N3O2S. The number of aryl methyl sites for hydroxylation is 1. The Labute approximate surface area is 127 Å². The van der Waals surface area contributed by atoms with Crippen molar-refractivity contribution in [2.24, 2.45) is 0 Å². The second-order valence-corrected chi connectivity index (χ2v) is 6.26. The van der Waals surface area contributed by atoms with E-state index in [9.17, 15) is 4.79 Å². The molecule has 0 spiro atoms. The highest BCUT2D eigenvalue weighted by Crippen LogP contribution is 2.27. The molecule has 0 atom stereocenters. The maximum atomic E-state index is 12.0. The van der Waals surface area contributed by atoms with Gasteiger partial charge in [-0.1, -0.05) is 23.4 Å². The standard InChI is InChI=1S/C15H17N3O2S/c1-11-16-15(20-17-11)12-9-18(10-12)14(19)7-8-21-13-5-3-2-4-6-13/h2-6,12H,7-10H2,1H3. The number of amides is 1. The Morgan fingerprint density at radius 1 is 1.38 bits per heavy atom. The van der Waals surface area contributed by atoms with Gasteiger partial charge < -0.3 is 9.42 Å². The molecule has 3 rings (SSSR count). The predicted molar refractivity (Wildman–Crippen MR) is 80.1 cm³/mol. The number of hydrogen-bond acceptors (Lipinski definition) is 5. The van der Waals surface area contributed by atoms with Crippen LogP contribution in [0.2, 0.25) is 0 Å². The average molecular weight is 303 g/mol. The number of hydrogen-bond donors (Lipinski definition) is 0. The Morgan fingerprint density at radius 3 is 2.81 bits per heavy atom. The zero-order chi connectivity index (χ0) is 14.7. The van der Waals surface area contributed by atoms with E-state index in [1.54, 1.807) is 18.7 Å². The van der Waals surface area contributed by atoms with Gasteiger partial charge in [0.1, 0.15) is 0 Å². The summed E-state index contributed by atoms with van der Waals surface area (Å²) < 4.78 is 5.13. The molecule has 0 bridgehead atoms. The third-order valence-corrected chi connectivity index (χ3v) is 4.47. The lowest BCUT2D eigenvalue weighted by Gasteiger charge is -2.37. The fourth-order valence-corrected chi connectivity index (χ4v) is 3.11. The van der Waals surface area contributed by atoms with E-state index in [0.717, 1.165) is 5.75 Å². The highest BCUT2D eigenvalue weighted by molar-refractivity contribution is 7.99. The summed E-state index contributed by atoms with van der Waals surface area (Å²) in [5, 5.41) is 3.78. The SMILES string of the molecule is Cc1noc(C2CN(C(=O)CCSc3ccccc3)C2)n1. The summed E-state index contributed by atoms with van der Waals surface area (Å²) in [6, 6.07) is 10.1. The molecule has 0 saturated carbocycles. The van der Waals surface area contributed by atoms with Crippen LogP contribution < -0.4 is 0 Å². The molecule has 1 aromatic heterocycles. The van der Waals surface area contributed by atoms with Crippen molar-refractivity contribution in [3.05, 3.63) is 42.0 Å². The number of rotatable bonds is 5. The Kier molecular flexibility index (Phi) is 4.24. The highest BCUT2D eigenvalue weighted by Gasteiger charge is 2.34. The largest absolute Gasteiger partial charge is 0.341 e. The van der Waals surface area contributed by atoms with Crippen molar-refractivity contribution in [3.8, 4) is 0 Å². The van der Waals surface area contributed by atoms with Gasteiger partial charge >= 0.3 is 0 Å². The molecule has 5 nitrogen and oxygen atoms in total. The smallest absolute Gasteiger partial charge is 0.233 e. The van der Waals surface area contributed by atoms with Gasteiger partial charge in [-0.2, -0.15) is 4.98 Å². The summed E-state index contributed by atoms with van der Waals surface area (Å²) in [5.74, 6) is 2.51. The molecule has 0 N–H and O–H groups in total. The van der Waals surface area contributed by atoms with Gasteiger partial charge in [-0.3, -0.25) is 4.79 Å². The summed E-state index contributed by atoms with van der Waals surface area (Å²) in [6.07, 6.45) is 0.565. The molecule has 1 fully saturated rings. The number of nitrogens with zero attached hydrogens (tertiary/aromatic N) is 3. The number of likely N-dealkylation sites (tertiary alicyclic amines) is 1.